The normalized spacial score (nSPS) is 18.7. The summed E-state index contributed by atoms with van der Waals surface area (Å²) in [5.41, 5.74) is 2.69. The van der Waals surface area contributed by atoms with Gasteiger partial charge in [-0.2, -0.15) is 0 Å². The number of thiophene rings is 1. The van der Waals surface area contributed by atoms with Gasteiger partial charge in [-0.3, -0.25) is 14.5 Å². The molecule has 0 aliphatic carbocycles. The molecule has 5 nitrogen and oxygen atoms in total. The van der Waals surface area contributed by atoms with E-state index < -0.39 is 0 Å². The maximum absolute atomic E-state index is 14.1. The van der Waals surface area contributed by atoms with Gasteiger partial charge in [0, 0.05) is 47.6 Å². The zero-order valence-corrected chi connectivity index (χ0v) is 21.7. The quantitative estimate of drug-likeness (QED) is 0.456. The predicted octanol–water partition coefficient (Wildman–Crippen LogP) is 4.97. The molecule has 35 heavy (non-hydrogen) atoms. The molecular weight excluding hydrogens is 529 g/mol. The fourth-order valence-corrected chi connectivity index (χ4v) is 6.36. The molecule has 3 heterocycles. The van der Waals surface area contributed by atoms with E-state index in [1.165, 1.54) is 16.5 Å². The molecule has 0 saturated carbocycles. The number of nitrogens with zero attached hydrogens (tertiary/aromatic N) is 3. The molecule has 0 spiro atoms. The molecule has 0 unspecified atom stereocenters. The highest BCUT2D eigenvalue weighted by molar-refractivity contribution is 9.10. The van der Waals surface area contributed by atoms with Gasteiger partial charge in [0.25, 0.3) is 5.91 Å². The Hall–Kier alpha value is -2.55. The zero-order valence-electron chi connectivity index (χ0n) is 19.3. The lowest BCUT2D eigenvalue weighted by Gasteiger charge is -2.37. The summed E-state index contributed by atoms with van der Waals surface area (Å²) in [5.74, 6) is -0.214. The summed E-state index contributed by atoms with van der Waals surface area (Å²) in [5, 5.41) is 2.08. The minimum Gasteiger partial charge on any atom is -0.340 e. The van der Waals surface area contributed by atoms with Gasteiger partial charge in [-0.15, -0.1) is 11.3 Å². The summed E-state index contributed by atoms with van der Waals surface area (Å²) in [6.07, 6.45) is 1.63. The van der Waals surface area contributed by atoms with E-state index in [9.17, 15) is 14.0 Å². The fraction of sp³-hybridized carbons (Fsp3) is 0.333. The Kier molecular flexibility index (Phi) is 7.32. The maximum Gasteiger partial charge on any atom is 0.253 e. The lowest BCUT2D eigenvalue weighted by atomic mass is 9.93. The summed E-state index contributed by atoms with van der Waals surface area (Å²) < 4.78 is 14.9. The molecule has 8 heteroatoms. The van der Waals surface area contributed by atoms with Gasteiger partial charge in [-0.1, -0.05) is 34.1 Å². The van der Waals surface area contributed by atoms with Crippen molar-refractivity contribution in [2.24, 2.45) is 0 Å². The third kappa shape index (κ3) is 5.34. The van der Waals surface area contributed by atoms with Gasteiger partial charge < -0.3 is 9.80 Å². The Bertz CT molecular complexity index is 1230. The third-order valence-corrected chi connectivity index (χ3v) is 8.27. The standard InChI is InChI=1S/C27H27BrFN3O2S/c28-21-6-1-5-20(16-21)27(34)31-11-3-10-30(13-14-31)25(33)18-32-12-8-24-23(9-15-35-24)26(32)19-4-2-7-22(29)17-19/h1-2,4-7,9,15-17,26H,3,8,10-14,18H2/t26-/m1/s1. The molecule has 1 atom stereocenters. The van der Waals surface area contributed by atoms with Crippen LogP contribution in [0.4, 0.5) is 4.39 Å². The van der Waals surface area contributed by atoms with Crippen LogP contribution in [-0.2, 0) is 11.2 Å². The van der Waals surface area contributed by atoms with Crippen LogP contribution in [0.25, 0.3) is 0 Å². The van der Waals surface area contributed by atoms with Crippen molar-refractivity contribution in [1.82, 2.24) is 14.7 Å². The van der Waals surface area contributed by atoms with Gasteiger partial charge in [0.1, 0.15) is 5.82 Å². The summed E-state index contributed by atoms with van der Waals surface area (Å²) >= 11 is 5.16. The van der Waals surface area contributed by atoms with E-state index in [0.717, 1.165) is 29.4 Å². The number of carbonyl (C=O) groups excluding carboxylic acids is 2. The van der Waals surface area contributed by atoms with Crippen molar-refractivity contribution in [2.45, 2.75) is 18.9 Å². The van der Waals surface area contributed by atoms with Crippen LogP contribution >= 0.6 is 27.3 Å². The maximum atomic E-state index is 14.1. The number of amides is 2. The topological polar surface area (TPSA) is 43.9 Å². The lowest BCUT2D eigenvalue weighted by molar-refractivity contribution is -0.132. The van der Waals surface area contributed by atoms with Crippen molar-refractivity contribution < 1.29 is 14.0 Å². The molecule has 0 bridgehead atoms. The van der Waals surface area contributed by atoms with E-state index in [1.54, 1.807) is 23.5 Å². The summed E-state index contributed by atoms with van der Waals surface area (Å²) in [6, 6.07) is 16.1. The number of rotatable bonds is 4. The molecule has 2 amide bonds. The van der Waals surface area contributed by atoms with Crippen molar-refractivity contribution in [3.63, 3.8) is 0 Å². The van der Waals surface area contributed by atoms with Crippen LogP contribution in [0.5, 0.6) is 0 Å². The molecule has 2 aromatic carbocycles. The van der Waals surface area contributed by atoms with Crippen LogP contribution in [0.1, 0.15) is 38.8 Å². The highest BCUT2D eigenvalue weighted by Crippen LogP contribution is 2.37. The molecule has 5 rings (SSSR count). The van der Waals surface area contributed by atoms with Gasteiger partial charge in [-0.25, -0.2) is 4.39 Å². The van der Waals surface area contributed by atoms with Crippen molar-refractivity contribution in [3.05, 3.63) is 91.8 Å². The molecule has 3 aromatic rings. The first-order chi connectivity index (χ1) is 17.0. The van der Waals surface area contributed by atoms with Crippen LogP contribution in [0.3, 0.4) is 0 Å². The number of benzene rings is 2. The van der Waals surface area contributed by atoms with Gasteiger partial charge in [0.2, 0.25) is 5.91 Å². The van der Waals surface area contributed by atoms with E-state index in [2.05, 4.69) is 32.3 Å². The fourth-order valence-electron chi connectivity index (χ4n) is 5.05. The van der Waals surface area contributed by atoms with Crippen LogP contribution < -0.4 is 0 Å². The van der Waals surface area contributed by atoms with Crippen LogP contribution in [0, 0.1) is 5.82 Å². The Morgan fingerprint density at radius 3 is 2.60 bits per heavy atom. The van der Waals surface area contributed by atoms with Gasteiger partial charge >= 0.3 is 0 Å². The molecule has 0 N–H and O–H groups in total. The molecule has 1 aromatic heterocycles. The monoisotopic (exact) mass is 555 g/mol. The molecular formula is C27H27BrFN3O2S. The predicted molar refractivity (Wildman–Crippen MR) is 139 cm³/mol. The van der Waals surface area contributed by atoms with Crippen molar-refractivity contribution in [2.75, 3.05) is 39.3 Å². The van der Waals surface area contributed by atoms with Crippen molar-refractivity contribution in [1.29, 1.82) is 0 Å². The minimum atomic E-state index is -0.265. The molecule has 182 valence electrons. The van der Waals surface area contributed by atoms with Crippen LogP contribution in [0.2, 0.25) is 0 Å². The van der Waals surface area contributed by atoms with Gasteiger partial charge in [0.05, 0.1) is 12.6 Å². The second kappa shape index (κ2) is 10.6. The number of carbonyl (C=O) groups is 2. The van der Waals surface area contributed by atoms with Crippen LogP contribution in [-0.4, -0.2) is 65.8 Å². The molecule has 2 aliphatic heterocycles. The van der Waals surface area contributed by atoms with Crippen molar-refractivity contribution >= 4 is 39.1 Å². The first-order valence-corrected chi connectivity index (χ1v) is 13.6. The second-order valence-corrected chi connectivity index (χ2v) is 10.9. The smallest absolute Gasteiger partial charge is 0.253 e. The largest absolute Gasteiger partial charge is 0.340 e. The van der Waals surface area contributed by atoms with Gasteiger partial charge in [-0.05, 0) is 65.7 Å². The SMILES string of the molecule is O=C(CN1CCc2sccc2[C@H]1c1cccc(F)c1)N1CCCN(C(=O)c2cccc(Br)c2)CC1. The average Bonchev–Trinajstić information content (AvgIpc) is 3.19. The first-order valence-electron chi connectivity index (χ1n) is 11.9. The van der Waals surface area contributed by atoms with E-state index in [4.69, 9.17) is 0 Å². The zero-order chi connectivity index (χ0) is 24.4. The molecule has 0 radical (unpaired) electrons. The minimum absolute atomic E-state index is 0.00668. The van der Waals surface area contributed by atoms with Gasteiger partial charge in [0.15, 0.2) is 0 Å². The summed E-state index contributed by atoms with van der Waals surface area (Å²) in [7, 11) is 0. The molecule has 1 saturated heterocycles. The lowest BCUT2D eigenvalue weighted by Crippen LogP contribution is -2.45. The highest BCUT2D eigenvalue weighted by atomic mass is 79.9. The first kappa shape index (κ1) is 24.2. The Morgan fingerprint density at radius 2 is 1.77 bits per heavy atom. The van der Waals surface area contributed by atoms with E-state index in [0.29, 0.717) is 31.7 Å². The van der Waals surface area contributed by atoms with E-state index in [-0.39, 0.29) is 30.2 Å². The highest BCUT2D eigenvalue weighted by Gasteiger charge is 2.32. The Morgan fingerprint density at radius 1 is 0.971 bits per heavy atom. The Balaban J connectivity index is 1.28. The molecule has 1 fully saturated rings. The number of hydrogen-bond donors (Lipinski definition) is 0. The number of halogens is 2. The van der Waals surface area contributed by atoms with Crippen LogP contribution in [0.15, 0.2) is 64.5 Å². The number of hydrogen-bond acceptors (Lipinski definition) is 4. The second-order valence-electron chi connectivity index (χ2n) is 9.01. The van der Waals surface area contributed by atoms with E-state index >= 15 is 0 Å². The molecule has 2 aliphatic rings. The van der Waals surface area contributed by atoms with Crippen molar-refractivity contribution in [3.8, 4) is 0 Å². The summed E-state index contributed by atoms with van der Waals surface area (Å²) in [6.45, 7) is 3.31. The Labute approximate surface area is 217 Å². The van der Waals surface area contributed by atoms with E-state index in [1.807, 2.05) is 40.1 Å². The third-order valence-electron chi connectivity index (χ3n) is 6.78. The average molecular weight is 557 g/mol. The number of fused-ring (bicyclic) bond motifs is 1. The summed E-state index contributed by atoms with van der Waals surface area (Å²) in [4.78, 5) is 33.6.